The molecule has 2 bridgehead atoms. The maximum Gasteiger partial charge on any atom is 0.258 e. The fraction of sp³-hybridized carbons (Fsp3) is 0.440. The first kappa shape index (κ1) is 28.8. The van der Waals surface area contributed by atoms with Crippen LogP contribution in [-0.4, -0.2) is 38.5 Å². The first-order valence-corrected chi connectivity index (χ1v) is 11.9. The second-order valence-electron chi connectivity index (χ2n) is 8.56. The molecule has 192 valence electrons. The number of amides is 1. The van der Waals surface area contributed by atoms with Crippen LogP contribution >= 0.6 is 23.2 Å². The monoisotopic (exact) mass is 530 g/mol. The highest BCUT2D eigenvalue weighted by Gasteiger charge is 2.49. The average molecular weight is 531 g/mol. The zero-order valence-electron chi connectivity index (χ0n) is 19.6. The summed E-state index contributed by atoms with van der Waals surface area (Å²) in [7, 11) is 1.50. The van der Waals surface area contributed by atoms with E-state index < -0.39 is 11.6 Å². The molecule has 10 heteroatoms. The van der Waals surface area contributed by atoms with E-state index in [1.807, 2.05) is 6.79 Å². The molecule has 0 atom stereocenters. The van der Waals surface area contributed by atoms with E-state index in [1.165, 1.54) is 31.3 Å². The van der Waals surface area contributed by atoms with Crippen molar-refractivity contribution in [2.45, 2.75) is 44.1 Å². The summed E-state index contributed by atoms with van der Waals surface area (Å²) in [6.07, 6.45) is 5.33. The zero-order valence-corrected chi connectivity index (χ0v) is 21.1. The Morgan fingerprint density at radius 2 is 1.37 bits per heavy atom. The number of carbonyl (C=O) groups excluding carboxylic acids is 2. The molecule has 3 saturated carbocycles. The molecule has 0 saturated heterocycles. The molecular weight excluding hydrogens is 501 g/mol. The highest BCUT2D eigenvalue weighted by Crippen LogP contribution is 2.52. The number of benzene rings is 2. The molecule has 0 aromatic heterocycles. The van der Waals surface area contributed by atoms with Crippen LogP contribution < -0.4 is 20.5 Å². The minimum atomic E-state index is -0.586. The van der Waals surface area contributed by atoms with Gasteiger partial charge in [0, 0.05) is 23.1 Å². The molecule has 0 unspecified atom stereocenters. The number of halogens is 4. The van der Waals surface area contributed by atoms with Gasteiger partial charge in [-0.1, -0.05) is 23.2 Å². The summed E-state index contributed by atoms with van der Waals surface area (Å²) >= 11 is 11.4. The Labute approximate surface area is 214 Å². The summed E-state index contributed by atoms with van der Waals surface area (Å²) < 4.78 is 38.4. The van der Waals surface area contributed by atoms with Crippen LogP contribution in [0.1, 0.15) is 38.5 Å². The third kappa shape index (κ3) is 7.53. The summed E-state index contributed by atoms with van der Waals surface area (Å²) in [6, 6.07) is 8.56. The van der Waals surface area contributed by atoms with Crippen LogP contribution in [0.2, 0.25) is 10.0 Å². The predicted molar refractivity (Wildman–Crippen MR) is 132 cm³/mol. The van der Waals surface area contributed by atoms with Crippen LogP contribution in [0.5, 0.6) is 11.5 Å². The summed E-state index contributed by atoms with van der Waals surface area (Å²) in [5.74, 6) is -0.566. The molecule has 3 fully saturated rings. The van der Waals surface area contributed by atoms with Crippen molar-refractivity contribution in [3.05, 3.63) is 58.1 Å². The van der Waals surface area contributed by atoms with E-state index in [-0.39, 0.29) is 39.3 Å². The Balaban J connectivity index is 0.00000103. The Bertz CT molecular complexity index is 985. The molecule has 0 aliphatic heterocycles. The largest absolute Gasteiger partial charge is 0.493 e. The lowest BCUT2D eigenvalue weighted by atomic mass is 9.57. The van der Waals surface area contributed by atoms with Gasteiger partial charge in [-0.15, -0.1) is 0 Å². The van der Waals surface area contributed by atoms with E-state index in [0.29, 0.717) is 12.4 Å². The van der Waals surface area contributed by atoms with Gasteiger partial charge in [0.05, 0.1) is 16.7 Å². The SMILES string of the molecule is C=O.CN.O=C(COc1ccc(Cl)c(F)c1)NC12CCC(COc3ccc(Cl)c(F)c3)(CC1)CC2. The number of nitrogens with one attached hydrogen (secondary N) is 1. The maximum atomic E-state index is 13.6. The smallest absolute Gasteiger partial charge is 0.258 e. The molecule has 2 aromatic carbocycles. The number of carbonyl (C=O) groups is 2. The van der Waals surface area contributed by atoms with Gasteiger partial charge in [0.25, 0.3) is 5.91 Å². The first-order chi connectivity index (χ1) is 16.8. The van der Waals surface area contributed by atoms with Gasteiger partial charge in [-0.3, -0.25) is 4.79 Å². The normalized spacial score (nSPS) is 22.1. The van der Waals surface area contributed by atoms with E-state index in [1.54, 1.807) is 6.07 Å². The van der Waals surface area contributed by atoms with Crippen LogP contribution in [0.25, 0.3) is 0 Å². The molecule has 2 aromatic rings. The molecule has 3 aliphatic rings. The third-order valence-electron chi connectivity index (χ3n) is 6.50. The van der Waals surface area contributed by atoms with Crippen LogP contribution in [0.15, 0.2) is 36.4 Å². The van der Waals surface area contributed by atoms with E-state index in [0.717, 1.165) is 44.6 Å². The molecule has 1 amide bonds. The average Bonchev–Trinajstić information content (AvgIpc) is 2.89. The number of hydrogen-bond acceptors (Lipinski definition) is 5. The van der Waals surface area contributed by atoms with E-state index in [9.17, 15) is 13.6 Å². The van der Waals surface area contributed by atoms with E-state index >= 15 is 0 Å². The van der Waals surface area contributed by atoms with Gasteiger partial charge in [0.15, 0.2) is 6.61 Å². The Kier molecular flexibility index (Phi) is 10.7. The molecule has 0 spiro atoms. The van der Waals surface area contributed by atoms with Gasteiger partial charge in [0.2, 0.25) is 0 Å². The Hall–Kier alpha value is -2.42. The van der Waals surface area contributed by atoms with Gasteiger partial charge < -0.3 is 25.3 Å². The minimum Gasteiger partial charge on any atom is -0.493 e. The van der Waals surface area contributed by atoms with Crippen molar-refractivity contribution in [3.63, 3.8) is 0 Å². The Morgan fingerprint density at radius 3 is 1.83 bits per heavy atom. The topological polar surface area (TPSA) is 90.7 Å². The van der Waals surface area contributed by atoms with Crippen LogP contribution in [0.4, 0.5) is 8.78 Å². The number of fused-ring (bicyclic) bond motifs is 3. The van der Waals surface area contributed by atoms with Crippen molar-refractivity contribution in [2.75, 3.05) is 20.3 Å². The van der Waals surface area contributed by atoms with Crippen LogP contribution in [-0.2, 0) is 9.59 Å². The summed E-state index contributed by atoms with van der Waals surface area (Å²) in [4.78, 5) is 20.4. The van der Waals surface area contributed by atoms with Crippen LogP contribution in [0, 0.1) is 17.0 Å². The van der Waals surface area contributed by atoms with Gasteiger partial charge >= 0.3 is 0 Å². The quantitative estimate of drug-likeness (QED) is 0.504. The summed E-state index contributed by atoms with van der Waals surface area (Å²) in [5.41, 5.74) is 4.31. The molecule has 3 N–H and O–H groups in total. The predicted octanol–water partition coefficient (Wildman–Crippen LogP) is 5.33. The number of hydrogen-bond donors (Lipinski definition) is 2. The fourth-order valence-electron chi connectivity index (χ4n) is 4.52. The number of ether oxygens (including phenoxy) is 2. The number of nitrogens with two attached hydrogens (primary N) is 1. The molecule has 6 nitrogen and oxygen atoms in total. The Morgan fingerprint density at radius 1 is 0.914 bits per heavy atom. The fourth-order valence-corrected chi connectivity index (χ4v) is 4.75. The van der Waals surface area contributed by atoms with Crippen molar-refractivity contribution < 1.29 is 27.8 Å². The maximum absolute atomic E-state index is 13.6. The standard InChI is InChI=1S/C23H23Cl2F2NO3.CH5N.CH2O/c24-17-3-1-15(11-19(17)26)30-13-21(29)28-23-8-5-22(6-9-23,7-10-23)14-31-16-2-4-18(25)20(27)12-16;2*1-2/h1-4,11-12H,5-10,13-14H2,(H,28,29);2H2,1H3;1H2. The third-order valence-corrected chi connectivity index (χ3v) is 7.12. The molecule has 5 rings (SSSR count). The number of rotatable bonds is 7. The van der Waals surface area contributed by atoms with Gasteiger partial charge in [-0.05, 0) is 69.8 Å². The van der Waals surface area contributed by atoms with E-state index in [2.05, 4.69) is 11.1 Å². The second-order valence-corrected chi connectivity index (χ2v) is 9.37. The first-order valence-electron chi connectivity index (χ1n) is 11.1. The van der Waals surface area contributed by atoms with Crippen molar-refractivity contribution in [1.82, 2.24) is 5.32 Å². The highest BCUT2D eigenvalue weighted by molar-refractivity contribution is 6.31. The summed E-state index contributed by atoms with van der Waals surface area (Å²) in [6.45, 7) is 2.34. The molecule has 0 heterocycles. The van der Waals surface area contributed by atoms with Crippen molar-refractivity contribution >= 4 is 35.9 Å². The lowest BCUT2D eigenvalue weighted by molar-refractivity contribution is -0.127. The lowest BCUT2D eigenvalue weighted by Crippen LogP contribution is -2.58. The second kappa shape index (κ2) is 13.0. The van der Waals surface area contributed by atoms with Gasteiger partial charge in [-0.2, -0.15) is 0 Å². The van der Waals surface area contributed by atoms with Gasteiger partial charge in [-0.25, -0.2) is 8.78 Å². The minimum absolute atomic E-state index is 0.00811. The summed E-state index contributed by atoms with van der Waals surface area (Å²) in [5, 5.41) is 3.22. The van der Waals surface area contributed by atoms with E-state index in [4.69, 9.17) is 37.5 Å². The van der Waals surface area contributed by atoms with Crippen LogP contribution in [0.3, 0.4) is 0 Å². The molecule has 35 heavy (non-hydrogen) atoms. The van der Waals surface area contributed by atoms with Gasteiger partial charge in [0.1, 0.15) is 29.9 Å². The molecule has 0 radical (unpaired) electrons. The molecule has 3 aliphatic carbocycles. The van der Waals surface area contributed by atoms with Crippen molar-refractivity contribution in [1.29, 1.82) is 0 Å². The highest BCUT2D eigenvalue weighted by atomic mass is 35.5. The van der Waals surface area contributed by atoms with Crippen molar-refractivity contribution in [3.8, 4) is 11.5 Å². The lowest BCUT2D eigenvalue weighted by Gasteiger charge is -2.53. The zero-order chi connectivity index (χ0) is 26.1. The molecular formula is C25H30Cl2F2N2O4. The van der Waals surface area contributed by atoms with Crippen molar-refractivity contribution in [2.24, 2.45) is 11.1 Å².